The summed E-state index contributed by atoms with van der Waals surface area (Å²) in [6, 6.07) is 20.9. The van der Waals surface area contributed by atoms with Crippen molar-refractivity contribution in [1.82, 2.24) is 10.2 Å². The van der Waals surface area contributed by atoms with E-state index in [1.807, 2.05) is 12.1 Å². The van der Waals surface area contributed by atoms with E-state index in [0.717, 1.165) is 43.9 Å². The standard InChI is InChI=1S/C24H32N2O2S/c1-2-16-26(24(29)25-18-20-11-5-3-6-12-20)22(21-13-7-4-8-14-21)19-28-23-15-9-10-17-27-23/h3-8,11-14,22-23H,2,9-10,15-19H2,1H3,(H,25,29). The monoisotopic (exact) mass is 412 g/mol. The van der Waals surface area contributed by atoms with E-state index in [1.165, 1.54) is 11.1 Å². The third-order valence-corrected chi connectivity index (χ3v) is 5.53. The third-order valence-electron chi connectivity index (χ3n) is 5.15. The van der Waals surface area contributed by atoms with Crippen molar-refractivity contribution in [1.29, 1.82) is 0 Å². The Bertz CT molecular complexity index is 720. The molecule has 2 aromatic rings. The molecule has 2 atom stereocenters. The van der Waals surface area contributed by atoms with Gasteiger partial charge in [-0.15, -0.1) is 0 Å². The van der Waals surface area contributed by atoms with Crippen molar-refractivity contribution < 1.29 is 9.47 Å². The van der Waals surface area contributed by atoms with Crippen LogP contribution in [0.25, 0.3) is 0 Å². The summed E-state index contributed by atoms with van der Waals surface area (Å²) in [4.78, 5) is 2.26. The van der Waals surface area contributed by atoms with Gasteiger partial charge in [0.25, 0.3) is 0 Å². The van der Waals surface area contributed by atoms with Crippen LogP contribution in [0, 0.1) is 0 Å². The van der Waals surface area contributed by atoms with Gasteiger partial charge in [0.15, 0.2) is 11.4 Å². The first-order valence-corrected chi connectivity index (χ1v) is 11.0. The molecule has 0 amide bonds. The van der Waals surface area contributed by atoms with Gasteiger partial charge in [-0.1, -0.05) is 67.6 Å². The van der Waals surface area contributed by atoms with Crippen LogP contribution in [0.5, 0.6) is 0 Å². The van der Waals surface area contributed by atoms with Crippen molar-refractivity contribution in [2.24, 2.45) is 0 Å². The number of rotatable bonds is 9. The van der Waals surface area contributed by atoms with Crippen LogP contribution in [0.1, 0.15) is 49.8 Å². The van der Waals surface area contributed by atoms with E-state index >= 15 is 0 Å². The fourth-order valence-electron chi connectivity index (χ4n) is 3.60. The Kier molecular flexibility index (Phi) is 8.93. The SMILES string of the molecule is CCCN(C(=S)NCc1ccccc1)C(COC1CCCCO1)c1ccccc1. The second-order valence-corrected chi connectivity index (χ2v) is 7.78. The average Bonchev–Trinajstić information content (AvgIpc) is 2.79. The minimum absolute atomic E-state index is 0.0532. The topological polar surface area (TPSA) is 33.7 Å². The quantitative estimate of drug-likeness (QED) is 0.583. The van der Waals surface area contributed by atoms with E-state index in [4.69, 9.17) is 21.7 Å². The van der Waals surface area contributed by atoms with Crippen molar-refractivity contribution in [2.75, 3.05) is 19.8 Å². The fourth-order valence-corrected chi connectivity index (χ4v) is 3.89. The van der Waals surface area contributed by atoms with Crippen LogP contribution in [0.4, 0.5) is 0 Å². The minimum Gasteiger partial charge on any atom is -0.358 e. The summed E-state index contributed by atoms with van der Waals surface area (Å²) in [5.74, 6) is 0. The molecule has 0 radical (unpaired) electrons. The van der Waals surface area contributed by atoms with Gasteiger partial charge in [0.05, 0.1) is 12.6 Å². The average molecular weight is 413 g/mol. The van der Waals surface area contributed by atoms with Crippen LogP contribution in [0.15, 0.2) is 60.7 Å². The summed E-state index contributed by atoms with van der Waals surface area (Å²) in [6.07, 6.45) is 4.15. The van der Waals surface area contributed by atoms with Crippen molar-refractivity contribution in [3.8, 4) is 0 Å². The van der Waals surface area contributed by atoms with Gasteiger partial charge in [-0.05, 0) is 49.0 Å². The Labute approximate surface area is 180 Å². The summed E-state index contributed by atoms with van der Waals surface area (Å²) in [5.41, 5.74) is 2.43. The number of nitrogens with one attached hydrogen (secondary N) is 1. The number of hydrogen-bond donors (Lipinski definition) is 1. The largest absolute Gasteiger partial charge is 0.358 e. The van der Waals surface area contributed by atoms with E-state index in [0.29, 0.717) is 13.2 Å². The lowest BCUT2D eigenvalue weighted by atomic mass is 10.1. The third kappa shape index (κ3) is 6.81. The molecule has 2 aromatic carbocycles. The number of hydrogen-bond acceptors (Lipinski definition) is 3. The number of benzene rings is 2. The maximum atomic E-state index is 6.19. The molecule has 1 saturated heterocycles. The molecule has 1 aliphatic rings. The Morgan fingerprint density at radius 3 is 2.52 bits per heavy atom. The zero-order valence-electron chi connectivity index (χ0n) is 17.3. The van der Waals surface area contributed by atoms with Gasteiger partial charge in [0.1, 0.15) is 0 Å². The zero-order valence-corrected chi connectivity index (χ0v) is 18.1. The maximum Gasteiger partial charge on any atom is 0.169 e. The molecule has 1 aliphatic heterocycles. The van der Waals surface area contributed by atoms with Crippen LogP contribution in [-0.4, -0.2) is 36.1 Å². The number of ether oxygens (including phenoxy) is 2. The van der Waals surface area contributed by atoms with E-state index in [-0.39, 0.29) is 12.3 Å². The van der Waals surface area contributed by atoms with E-state index in [1.54, 1.807) is 0 Å². The molecule has 29 heavy (non-hydrogen) atoms. The van der Waals surface area contributed by atoms with Crippen LogP contribution in [0.3, 0.4) is 0 Å². The maximum absolute atomic E-state index is 6.19. The zero-order chi connectivity index (χ0) is 20.3. The summed E-state index contributed by atoms with van der Waals surface area (Å²) < 4.78 is 12.0. The normalized spacial score (nSPS) is 17.5. The first-order chi connectivity index (χ1) is 14.3. The lowest BCUT2D eigenvalue weighted by molar-refractivity contribution is -0.169. The Hall–Kier alpha value is -1.95. The first-order valence-electron chi connectivity index (χ1n) is 10.6. The fraction of sp³-hybridized carbons (Fsp3) is 0.458. The van der Waals surface area contributed by atoms with Crippen molar-refractivity contribution in [2.45, 2.75) is 51.5 Å². The molecule has 2 unspecified atom stereocenters. The molecule has 5 heteroatoms. The molecular weight excluding hydrogens is 380 g/mol. The van der Waals surface area contributed by atoms with E-state index < -0.39 is 0 Å². The van der Waals surface area contributed by atoms with Crippen molar-refractivity contribution in [3.05, 3.63) is 71.8 Å². The van der Waals surface area contributed by atoms with Crippen molar-refractivity contribution >= 4 is 17.3 Å². The molecule has 1 N–H and O–H groups in total. The second-order valence-electron chi connectivity index (χ2n) is 7.39. The Morgan fingerprint density at radius 2 is 1.86 bits per heavy atom. The minimum atomic E-state index is -0.107. The van der Waals surface area contributed by atoms with Gasteiger partial charge in [-0.3, -0.25) is 0 Å². The van der Waals surface area contributed by atoms with Crippen LogP contribution in [-0.2, 0) is 16.0 Å². The Balaban J connectivity index is 1.70. The second kappa shape index (κ2) is 11.9. The molecule has 0 spiro atoms. The van der Waals surface area contributed by atoms with E-state index in [2.05, 4.69) is 65.7 Å². The molecule has 0 saturated carbocycles. The van der Waals surface area contributed by atoms with Gasteiger partial charge in [-0.2, -0.15) is 0 Å². The van der Waals surface area contributed by atoms with Gasteiger partial charge in [0.2, 0.25) is 0 Å². The number of nitrogens with zero attached hydrogens (tertiary/aromatic N) is 1. The van der Waals surface area contributed by atoms with Crippen LogP contribution in [0.2, 0.25) is 0 Å². The summed E-state index contributed by atoms with van der Waals surface area (Å²) in [6.45, 7) is 5.11. The summed E-state index contributed by atoms with van der Waals surface area (Å²) in [5, 5.41) is 4.20. The molecular formula is C24H32N2O2S. The van der Waals surface area contributed by atoms with Gasteiger partial charge in [-0.25, -0.2) is 0 Å². The molecule has 0 aliphatic carbocycles. The highest BCUT2D eigenvalue weighted by atomic mass is 32.1. The van der Waals surface area contributed by atoms with Gasteiger partial charge in [0, 0.05) is 19.7 Å². The first kappa shape index (κ1) is 21.8. The lowest BCUT2D eigenvalue weighted by Crippen LogP contribution is -2.44. The Morgan fingerprint density at radius 1 is 1.14 bits per heavy atom. The molecule has 3 rings (SSSR count). The summed E-state index contributed by atoms with van der Waals surface area (Å²) >= 11 is 5.81. The van der Waals surface area contributed by atoms with Crippen LogP contribution < -0.4 is 5.32 Å². The van der Waals surface area contributed by atoms with E-state index in [9.17, 15) is 0 Å². The molecule has 156 valence electrons. The molecule has 0 aromatic heterocycles. The summed E-state index contributed by atoms with van der Waals surface area (Å²) in [7, 11) is 0. The molecule has 1 heterocycles. The predicted molar refractivity (Wildman–Crippen MR) is 122 cm³/mol. The molecule has 4 nitrogen and oxygen atoms in total. The highest BCUT2D eigenvalue weighted by Crippen LogP contribution is 2.24. The van der Waals surface area contributed by atoms with Crippen molar-refractivity contribution in [3.63, 3.8) is 0 Å². The molecule has 1 fully saturated rings. The lowest BCUT2D eigenvalue weighted by Gasteiger charge is -2.35. The highest BCUT2D eigenvalue weighted by molar-refractivity contribution is 7.80. The molecule has 0 bridgehead atoms. The predicted octanol–water partition coefficient (Wildman–Crippen LogP) is 5.06. The number of thiocarbonyl (C=S) groups is 1. The van der Waals surface area contributed by atoms with Gasteiger partial charge >= 0.3 is 0 Å². The van der Waals surface area contributed by atoms with Crippen LogP contribution >= 0.6 is 12.2 Å². The van der Waals surface area contributed by atoms with Gasteiger partial charge < -0.3 is 19.7 Å². The highest BCUT2D eigenvalue weighted by Gasteiger charge is 2.25. The smallest absolute Gasteiger partial charge is 0.169 e.